The van der Waals surface area contributed by atoms with Crippen LogP contribution < -0.4 is 5.32 Å². The molecule has 0 aliphatic heterocycles. The molecule has 0 fully saturated rings. The molecule has 0 aliphatic carbocycles. The molecule has 56 valence electrons. The van der Waals surface area contributed by atoms with Crippen LogP contribution in [-0.4, -0.2) is 27.3 Å². The van der Waals surface area contributed by atoms with Gasteiger partial charge in [-0.2, -0.15) is 8.42 Å². The molecule has 0 atom stereocenters. The van der Waals surface area contributed by atoms with Crippen molar-refractivity contribution in [3.05, 3.63) is 0 Å². The fourth-order valence-electron chi connectivity index (χ4n) is 0.371. The van der Waals surface area contributed by atoms with Crippen LogP contribution >= 0.6 is 0 Å². The van der Waals surface area contributed by atoms with Crippen molar-refractivity contribution in [2.24, 2.45) is 0 Å². The van der Waals surface area contributed by atoms with Crippen molar-refractivity contribution in [3.8, 4) is 0 Å². The van der Waals surface area contributed by atoms with E-state index in [1.807, 2.05) is 6.92 Å². The average Bonchev–Trinajstić information content (AvgIpc) is 1.63. The van der Waals surface area contributed by atoms with Crippen LogP contribution in [0.3, 0.4) is 0 Å². The highest BCUT2D eigenvalue weighted by molar-refractivity contribution is 7.86. The molecule has 0 rings (SSSR count). The second-order valence-electron chi connectivity index (χ2n) is 1.60. The maximum atomic E-state index is 11.6. The number of hydrogen-bond acceptors (Lipinski definition) is 3. The topological polar surface area (TPSA) is 46.2 Å². The lowest BCUT2D eigenvalue weighted by Gasteiger charge is -1.94. The van der Waals surface area contributed by atoms with E-state index in [0.29, 0.717) is 6.54 Å². The molecule has 1 N–H and O–H groups in total. The summed E-state index contributed by atoms with van der Waals surface area (Å²) in [7, 11) is -4.26. The van der Waals surface area contributed by atoms with E-state index in [-0.39, 0.29) is 6.54 Å². The first-order valence-corrected chi connectivity index (χ1v) is 4.24. The van der Waals surface area contributed by atoms with Crippen LogP contribution in [0.1, 0.15) is 6.92 Å². The Morgan fingerprint density at radius 1 is 1.56 bits per heavy atom. The van der Waals surface area contributed by atoms with E-state index in [9.17, 15) is 12.3 Å². The average molecular weight is 155 g/mol. The molecular formula is C4H10FNO2S. The predicted octanol–water partition coefficient (Wildman–Crippen LogP) is -0.105. The summed E-state index contributed by atoms with van der Waals surface area (Å²) in [6.45, 7) is 2.68. The van der Waals surface area contributed by atoms with E-state index in [2.05, 4.69) is 5.32 Å². The molecule has 3 nitrogen and oxygen atoms in total. The zero-order valence-electron chi connectivity index (χ0n) is 5.22. The summed E-state index contributed by atoms with van der Waals surface area (Å²) < 4.78 is 31.2. The van der Waals surface area contributed by atoms with E-state index in [1.54, 1.807) is 0 Å². The van der Waals surface area contributed by atoms with Crippen LogP contribution in [0.2, 0.25) is 0 Å². The molecule has 0 bridgehead atoms. The lowest BCUT2D eigenvalue weighted by Crippen LogP contribution is -2.20. The van der Waals surface area contributed by atoms with Crippen LogP contribution in [0.15, 0.2) is 0 Å². The minimum atomic E-state index is -4.26. The molecule has 0 aromatic heterocycles. The van der Waals surface area contributed by atoms with Gasteiger partial charge < -0.3 is 5.32 Å². The van der Waals surface area contributed by atoms with E-state index in [1.165, 1.54) is 0 Å². The Morgan fingerprint density at radius 2 is 2.11 bits per heavy atom. The van der Waals surface area contributed by atoms with Gasteiger partial charge in [0.15, 0.2) is 0 Å². The highest BCUT2D eigenvalue weighted by atomic mass is 32.3. The summed E-state index contributed by atoms with van der Waals surface area (Å²) in [6, 6.07) is 0. The van der Waals surface area contributed by atoms with Crippen molar-refractivity contribution in [1.29, 1.82) is 0 Å². The molecule has 0 aromatic carbocycles. The van der Waals surface area contributed by atoms with Gasteiger partial charge in [-0.25, -0.2) is 0 Å². The molecule has 0 spiro atoms. The fraction of sp³-hybridized carbons (Fsp3) is 1.00. The molecule has 0 amide bonds. The second kappa shape index (κ2) is 3.79. The van der Waals surface area contributed by atoms with E-state index in [0.717, 1.165) is 0 Å². The summed E-state index contributed by atoms with van der Waals surface area (Å²) in [5, 5.41) is 2.69. The van der Waals surface area contributed by atoms with Gasteiger partial charge >= 0.3 is 10.2 Å². The lowest BCUT2D eigenvalue weighted by atomic mass is 10.7. The van der Waals surface area contributed by atoms with Gasteiger partial charge in [0.05, 0.1) is 5.75 Å². The van der Waals surface area contributed by atoms with Crippen molar-refractivity contribution >= 4 is 10.2 Å². The van der Waals surface area contributed by atoms with Gasteiger partial charge in [-0.3, -0.25) is 0 Å². The summed E-state index contributed by atoms with van der Waals surface area (Å²) in [5.41, 5.74) is 0. The van der Waals surface area contributed by atoms with Crippen molar-refractivity contribution in [2.45, 2.75) is 6.92 Å². The summed E-state index contributed by atoms with van der Waals surface area (Å²) in [4.78, 5) is 0. The Labute approximate surface area is 54.5 Å². The highest BCUT2D eigenvalue weighted by Crippen LogP contribution is 1.86. The Balaban J connectivity index is 3.30. The third-order valence-electron chi connectivity index (χ3n) is 0.773. The molecule has 0 saturated carbocycles. The van der Waals surface area contributed by atoms with Crippen LogP contribution in [0.5, 0.6) is 0 Å². The number of hydrogen-bond donors (Lipinski definition) is 1. The first-order chi connectivity index (χ1) is 4.06. The standard InChI is InChI=1S/C4H10FNO2S/c1-2-6-3-4-9(5,7)8/h6H,2-4H2,1H3. The molecule has 0 heterocycles. The number of nitrogens with one attached hydrogen (secondary N) is 1. The third kappa shape index (κ3) is 7.84. The third-order valence-corrected chi connectivity index (χ3v) is 1.46. The van der Waals surface area contributed by atoms with Crippen molar-refractivity contribution in [1.82, 2.24) is 5.32 Å². The van der Waals surface area contributed by atoms with E-state index in [4.69, 9.17) is 0 Å². The SMILES string of the molecule is CCNCCS(=O)(=O)F. The zero-order chi connectivity index (χ0) is 7.33. The molecule has 9 heavy (non-hydrogen) atoms. The Bertz CT molecular complexity index is 154. The Morgan fingerprint density at radius 3 is 2.44 bits per heavy atom. The van der Waals surface area contributed by atoms with Gasteiger partial charge in [-0.05, 0) is 6.54 Å². The molecule has 0 unspecified atom stereocenters. The predicted molar refractivity (Wildman–Crippen MR) is 33.4 cm³/mol. The Hall–Kier alpha value is -0.160. The minimum absolute atomic E-state index is 0.190. The zero-order valence-corrected chi connectivity index (χ0v) is 6.04. The lowest BCUT2D eigenvalue weighted by molar-refractivity contribution is 0.548. The van der Waals surface area contributed by atoms with Crippen molar-refractivity contribution < 1.29 is 12.3 Å². The fourth-order valence-corrected chi connectivity index (χ4v) is 0.759. The molecule has 0 aliphatic rings. The quantitative estimate of drug-likeness (QED) is 0.455. The minimum Gasteiger partial charge on any atom is -0.316 e. The number of rotatable bonds is 4. The number of halogens is 1. The Kier molecular flexibility index (Phi) is 3.72. The monoisotopic (exact) mass is 155 g/mol. The molecule has 5 heteroatoms. The van der Waals surface area contributed by atoms with Crippen molar-refractivity contribution in [3.63, 3.8) is 0 Å². The van der Waals surface area contributed by atoms with Gasteiger partial charge in [0.1, 0.15) is 0 Å². The maximum Gasteiger partial charge on any atom is 0.303 e. The van der Waals surface area contributed by atoms with E-state index < -0.39 is 16.0 Å². The van der Waals surface area contributed by atoms with Crippen LogP contribution in [0.4, 0.5) is 3.89 Å². The van der Waals surface area contributed by atoms with Gasteiger partial charge in [0, 0.05) is 6.54 Å². The maximum absolute atomic E-state index is 11.6. The van der Waals surface area contributed by atoms with Gasteiger partial charge in [0.2, 0.25) is 0 Å². The van der Waals surface area contributed by atoms with Gasteiger partial charge in [-0.1, -0.05) is 6.92 Å². The molecule has 0 saturated heterocycles. The first kappa shape index (κ1) is 8.84. The van der Waals surface area contributed by atoms with Crippen LogP contribution in [0.25, 0.3) is 0 Å². The van der Waals surface area contributed by atoms with E-state index >= 15 is 0 Å². The molecule has 0 aromatic rings. The summed E-state index contributed by atoms with van der Waals surface area (Å²) in [5.74, 6) is -0.430. The van der Waals surface area contributed by atoms with Crippen molar-refractivity contribution in [2.75, 3.05) is 18.8 Å². The largest absolute Gasteiger partial charge is 0.316 e. The summed E-state index contributed by atoms with van der Waals surface area (Å²) >= 11 is 0. The summed E-state index contributed by atoms with van der Waals surface area (Å²) in [6.07, 6.45) is 0. The first-order valence-electron chi connectivity index (χ1n) is 2.69. The normalized spacial score (nSPS) is 11.8. The molecular weight excluding hydrogens is 145 g/mol. The van der Waals surface area contributed by atoms with Gasteiger partial charge in [0.25, 0.3) is 0 Å². The van der Waals surface area contributed by atoms with Gasteiger partial charge in [-0.15, -0.1) is 3.89 Å². The smallest absolute Gasteiger partial charge is 0.303 e. The molecule has 0 radical (unpaired) electrons. The van der Waals surface area contributed by atoms with Crippen LogP contribution in [-0.2, 0) is 10.2 Å². The van der Waals surface area contributed by atoms with Crippen LogP contribution in [0, 0.1) is 0 Å². The second-order valence-corrected chi connectivity index (χ2v) is 3.08. The highest BCUT2D eigenvalue weighted by Gasteiger charge is 2.03.